The molecule has 0 saturated heterocycles. The molecular formula is C14H22N2O5S. The average molecular weight is 330 g/mol. The molecule has 0 radical (unpaired) electrons. The number of non-ortho nitro benzene ring substituents is 1. The zero-order valence-corrected chi connectivity index (χ0v) is 13.5. The molecule has 0 heterocycles. The largest absolute Gasteiger partial charge is 0.381 e. The summed E-state index contributed by atoms with van der Waals surface area (Å²) >= 11 is 0. The summed E-state index contributed by atoms with van der Waals surface area (Å²) in [7, 11) is -3.44. The summed E-state index contributed by atoms with van der Waals surface area (Å²) in [5.41, 5.74) is 0.454. The van der Waals surface area contributed by atoms with Crippen LogP contribution >= 0.6 is 0 Å². The maximum absolute atomic E-state index is 11.9. The maximum atomic E-state index is 11.9. The van der Waals surface area contributed by atoms with E-state index in [0.717, 1.165) is 12.8 Å². The van der Waals surface area contributed by atoms with E-state index in [2.05, 4.69) is 11.6 Å². The van der Waals surface area contributed by atoms with Crippen molar-refractivity contribution in [2.24, 2.45) is 0 Å². The van der Waals surface area contributed by atoms with Gasteiger partial charge in [-0.2, -0.15) is 0 Å². The average Bonchev–Trinajstić information content (AvgIpc) is 2.46. The molecule has 7 nitrogen and oxygen atoms in total. The second-order valence-electron chi connectivity index (χ2n) is 4.90. The normalized spacial score (nSPS) is 11.5. The topological polar surface area (TPSA) is 98.5 Å². The highest BCUT2D eigenvalue weighted by Gasteiger charge is 2.12. The Morgan fingerprint density at radius 1 is 1.18 bits per heavy atom. The minimum Gasteiger partial charge on any atom is -0.381 e. The summed E-state index contributed by atoms with van der Waals surface area (Å²) in [5.74, 6) is -0.193. The van der Waals surface area contributed by atoms with Crippen LogP contribution in [-0.4, -0.2) is 33.1 Å². The Balaban J connectivity index is 2.32. The van der Waals surface area contributed by atoms with Gasteiger partial charge < -0.3 is 4.74 Å². The van der Waals surface area contributed by atoms with E-state index < -0.39 is 14.9 Å². The first-order chi connectivity index (χ1) is 10.4. The Bertz CT molecular complexity index is 557. The first-order valence-corrected chi connectivity index (χ1v) is 8.88. The standard InChI is InChI=1S/C14H22N2O5S/c1-2-3-10-21-11-4-9-15-22(19,20)12-13-5-7-14(8-6-13)16(17)18/h5-8,15H,2-4,9-12H2,1H3. The first kappa shape index (κ1) is 18.5. The molecule has 0 aliphatic rings. The van der Waals surface area contributed by atoms with E-state index in [-0.39, 0.29) is 11.4 Å². The number of nitrogens with zero attached hydrogens (tertiary/aromatic N) is 1. The zero-order valence-electron chi connectivity index (χ0n) is 12.7. The number of hydrogen-bond acceptors (Lipinski definition) is 5. The third-order valence-corrected chi connectivity index (χ3v) is 4.29. The molecule has 0 bridgehead atoms. The second-order valence-corrected chi connectivity index (χ2v) is 6.70. The monoisotopic (exact) mass is 330 g/mol. The summed E-state index contributed by atoms with van der Waals surface area (Å²) in [6.07, 6.45) is 2.69. The fraction of sp³-hybridized carbons (Fsp3) is 0.571. The minimum absolute atomic E-state index is 0.0571. The van der Waals surface area contributed by atoms with Crippen LogP contribution in [0.5, 0.6) is 0 Å². The van der Waals surface area contributed by atoms with E-state index >= 15 is 0 Å². The van der Waals surface area contributed by atoms with E-state index in [1.807, 2.05) is 0 Å². The van der Waals surface area contributed by atoms with Crippen molar-refractivity contribution >= 4 is 15.7 Å². The number of nitrogens with one attached hydrogen (secondary N) is 1. The number of nitro groups is 1. The zero-order chi connectivity index (χ0) is 16.4. The first-order valence-electron chi connectivity index (χ1n) is 7.23. The molecule has 0 spiro atoms. The van der Waals surface area contributed by atoms with E-state index in [9.17, 15) is 18.5 Å². The van der Waals surface area contributed by atoms with Crippen LogP contribution in [0.3, 0.4) is 0 Å². The molecule has 0 unspecified atom stereocenters. The number of nitro benzene ring substituents is 1. The predicted octanol–water partition coefficient (Wildman–Crippen LogP) is 2.22. The molecule has 22 heavy (non-hydrogen) atoms. The summed E-state index contributed by atoms with van der Waals surface area (Å²) < 4.78 is 31.6. The number of benzene rings is 1. The Kier molecular flexibility index (Phi) is 8.00. The van der Waals surface area contributed by atoms with Gasteiger partial charge >= 0.3 is 0 Å². The lowest BCUT2D eigenvalue weighted by Gasteiger charge is -2.07. The number of sulfonamides is 1. The molecule has 0 saturated carbocycles. The van der Waals surface area contributed by atoms with Gasteiger partial charge in [-0.25, -0.2) is 13.1 Å². The van der Waals surface area contributed by atoms with Crippen LogP contribution in [0.4, 0.5) is 5.69 Å². The number of ether oxygens (including phenoxy) is 1. The van der Waals surface area contributed by atoms with Gasteiger partial charge in [0, 0.05) is 31.9 Å². The van der Waals surface area contributed by atoms with Crippen LogP contribution < -0.4 is 4.72 Å². The van der Waals surface area contributed by atoms with Crippen molar-refractivity contribution < 1.29 is 18.1 Å². The molecule has 124 valence electrons. The van der Waals surface area contributed by atoms with Crippen molar-refractivity contribution in [3.63, 3.8) is 0 Å². The summed E-state index contributed by atoms with van der Waals surface area (Å²) in [4.78, 5) is 10.0. The maximum Gasteiger partial charge on any atom is 0.269 e. The van der Waals surface area contributed by atoms with Gasteiger partial charge in [0.15, 0.2) is 0 Å². The van der Waals surface area contributed by atoms with Gasteiger partial charge in [-0.3, -0.25) is 10.1 Å². The minimum atomic E-state index is -3.44. The molecule has 0 aliphatic carbocycles. The highest BCUT2D eigenvalue weighted by Crippen LogP contribution is 2.13. The lowest BCUT2D eigenvalue weighted by atomic mass is 10.2. The van der Waals surface area contributed by atoms with Gasteiger partial charge in [-0.05, 0) is 18.4 Å². The lowest BCUT2D eigenvalue weighted by Crippen LogP contribution is -2.26. The SMILES string of the molecule is CCCCOCCCNS(=O)(=O)Cc1ccc([N+](=O)[O-])cc1. The smallest absolute Gasteiger partial charge is 0.269 e. The predicted molar refractivity (Wildman–Crippen MR) is 84.1 cm³/mol. The third-order valence-electron chi connectivity index (χ3n) is 2.93. The quantitative estimate of drug-likeness (QED) is 0.381. The Morgan fingerprint density at radius 3 is 2.41 bits per heavy atom. The highest BCUT2D eigenvalue weighted by atomic mass is 32.2. The van der Waals surface area contributed by atoms with Crippen LogP contribution in [0.25, 0.3) is 0 Å². The Morgan fingerprint density at radius 2 is 1.82 bits per heavy atom. The van der Waals surface area contributed by atoms with Crippen molar-refractivity contribution in [3.8, 4) is 0 Å². The Hall–Kier alpha value is -1.51. The van der Waals surface area contributed by atoms with Crippen molar-refractivity contribution in [2.45, 2.75) is 31.9 Å². The van der Waals surface area contributed by atoms with E-state index in [4.69, 9.17) is 4.74 Å². The van der Waals surface area contributed by atoms with Crippen molar-refractivity contribution in [2.75, 3.05) is 19.8 Å². The van der Waals surface area contributed by atoms with Gasteiger partial charge in [-0.15, -0.1) is 0 Å². The molecule has 0 fully saturated rings. The van der Waals surface area contributed by atoms with E-state index in [0.29, 0.717) is 31.7 Å². The summed E-state index contributed by atoms with van der Waals surface area (Å²) in [5, 5.41) is 10.5. The van der Waals surface area contributed by atoms with Gasteiger partial charge in [0.2, 0.25) is 10.0 Å². The molecular weight excluding hydrogens is 308 g/mol. The van der Waals surface area contributed by atoms with Gasteiger partial charge in [-0.1, -0.05) is 25.5 Å². The van der Waals surface area contributed by atoms with Crippen molar-refractivity contribution in [3.05, 3.63) is 39.9 Å². The third kappa shape index (κ3) is 7.48. The summed E-state index contributed by atoms with van der Waals surface area (Å²) in [6.45, 7) is 3.63. The molecule has 0 atom stereocenters. The number of rotatable bonds is 11. The molecule has 1 aromatic carbocycles. The van der Waals surface area contributed by atoms with Crippen LogP contribution in [0.2, 0.25) is 0 Å². The number of unbranched alkanes of at least 4 members (excludes halogenated alkanes) is 1. The lowest BCUT2D eigenvalue weighted by molar-refractivity contribution is -0.384. The van der Waals surface area contributed by atoms with Crippen molar-refractivity contribution in [1.82, 2.24) is 4.72 Å². The number of hydrogen-bond donors (Lipinski definition) is 1. The van der Waals surface area contributed by atoms with Gasteiger partial charge in [0.25, 0.3) is 5.69 Å². The van der Waals surface area contributed by atoms with E-state index in [1.54, 1.807) is 0 Å². The van der Waals surface area contributed by atoms with Crippen LogP contribution in [0, 0.1) is 10.1 Å². The summed E-state index contributed by atoms with van der Waals surface area (Å²) in [6, 6.07) is 5.50. The van der Waals surface area contributed by atoms with Gasteiger partial charge in [0.05, 0.1) is 10.7 Å². The highest BCUT2D eigenvalue weighted by molar-refractivity contribution is 7.88. The van der Waals surface area contributed by atoms with Crippen molar-refractivity contribution in [1.29, 1.82) is 0 Å². The molecule has 0 amide bonds. The molecule has 0 aliphatic heterocycles. The fourth-order valence-electron chi connectivity index (χ4n) is 1.73. The molecule has 1 aromatic rings. The Labute approximate surface area is 130 Å². The molecule has 8 heteroatoms. The van der Waals surface area contributed by atoms with E-state index in [1.165, 1.54) is 24.3 Å². The molecule has 1 N–H and O–H groups in total. The van der Waals surface area contributed by atoms with Crippen LogP contribution in [0.15, 0.2) is 24.3 Å². The van der Waals surface area contributed by atoms with Gasteiger partial charge in [0.1, 0.15) is 0 Å². The molecule has 0 aromatic heterocycles. The van der Waals surface area contributed by atoms with Crippen LogP contribution in [0.1, 0.15) is 31.7 Å². The fourth-order valence-corrected chi connectivity index (χ4v) is 2.92. The molecule has 1 rings (SSSR count). The second kappa shape index (κ2) is 9.50. The van der Waals surface area contributed by atoms with Crippen LogP contribution in [-0.2, 0) is 20.5 Å².